The Labute approximate surface area is 334 Å². The molecule has 3 aromatic rings. The molecule has 1 aliphatic heterocycles. The summed E-state index contributed by atoms with van der Waals surface area (Å²) < 4.78 is 45.0. The summed E-state index contributed by atoms with van der Waals surface area (Å²) in [6.45, 7) is 14.2. The number of likely N-dealkylation sites (tertiary alicyclic amines) is 1. The first-order chi connectivity index (χ1) is 26.8. The molecule has 0 bridgehead atoms. The molecule has 6 rings (SSSR count). The number of hydrogen-bond acceptors (Lipinski definition) is 10. The summed E-state index contributed by atoms with van der Waals surface area (Å²) in [5.74, 6) is -1.89. The second-order valence-electron chi connectivity index (χ2n) is 16.6. The van der Waals surface area contributed by atoms with Gasteiger partial charge in [-0.3, -0.25) is 19.1 Å². The maximum Gasteiger partial charge on any atom is 0.408 e. The van der Waals surface area contributed by atoms with Gasteiger partial charge < -0.3 is 29.7 Å². The smallest absolute Gasteiger partial charge is 0.408 e. The summed E-state index contributed by atoms with van der Waals surface area (Å²) in [5.41, 5.74) is -0.322. The average molecular weight is 804 g/mol. The number of rotatable bonds is 14. The zero-order valence-electron chi connectivity index (χ0n) is 33.6. The van der Waals surface area contributed by atoms with Crippen LogP contribution in [0.15, 0.2) is 67.3 Å². The van der Waals surface area contributed by atoms with E-state index in [1.54, 1.807) is 46.9 Å². The summed E-state index contributed by atoms with van der Waals surface area (Å²) in [7, 11) is -2.44. The molecular weight excluding hydrogens is 751 g/mol. The summed E-state index contributed by atoms with van der Waals surface area (Å²) in [5, 5.41) is 6.24. The molecule has 6 atom stereocenters. The zero-order valence-corrected chi connectivity index (χ0v) is 34.4. The number of ether oxygens (including phenoxy) is 3. The molecule has 3 fully saturated rings. The Kier molecular flexibility index (Phi) is 11.4. The highest BCUT2D eigenvalue weighted by molar-refractivity contribution is 7.91. The van der Waals surface area contributed by atoms with Crippen molar-refractivity contribution in [2.45, 2.75) is 108 Å². The van der Waals surface area contributed by atoms with E-state index in [0.29, 0.717) is 47.4 Å². The number of aromatic nitrogens is 1. The van der Waals surface area contributed by atoms with Gasteiger partial charge in [0.1, 0.15) is 40.8 Å². The number of hydrogen-bond donors (Lipinski definition) is 3. The molecule has 15 heteroatoms. The van der Waals surface area contributed by atoms with E-state index in [9.17, 15) is 27.6 Å². The molecule has 0 radical (unpaired) electrons. The molecule has 2 heterocycles. The normalized spacial score (nSPS) is 23.4. The number of pyridine rings is 1. The van der Waals surface area contributed by atoms with E-state index in [4.69, 9.17) is 19.2 Å². The van der Waals surface area contributed by atoms with E-state index < -0.39 is 73.8 Å². The first kappa shape index (κ1) is 41.5. The first-order valence-electron chi connectivity index (χ1n) is 19.4. The van der Waals surface area contributed by atoms with Gasteiger partial charge in [-0.15, -0.1) is 6.58 Å². The number of nitrogens with one attached hydrogen (secondary N) is 3. The molecule has 2 unspecified atom stereocenters. The number of carbonyl (C=O) groups excluding carboxylic acids is 4. The molecule has 0 spiro atoms. The van der Waals surface area contributed by atoms with Crippen LogP contribution >= 0.6 is 0 Å². The predicted octanol–water partition coefficient (Wildman–Crippen LogP) is 5.26. The van der Waals surface area contributed by atoms with Crippen molar-refractivity contribution in [2.75, 3.05) is 13.7 Å². The maximum atomic E-state index is 14.6. The largest absolute Gasteiger partial charge is 0.497 e. The summed E-state index contributed by atoms with van der Waals surface area (Å²) in [4.78, 5) is 62.1. The number of methoxy groups -OCH3 is 1. The number of fused-ring (bicyclic) bond motifs is 1. The minimum absolute atomic E-state index is 0.0186. The Morgan fingerprint density at radius 3 is 2.39 bits per heavy atom. The third-order valence-electron chi connectivity index (χ3n) is 11.2. The highest BCUT2D eigenvalue weighted by atomic mass is 32.2. The van der Waals surface area contributed by atoms with Crippen molar-refractivity contribution in [1.29, 1.82) is 0 Å². The average Bonchev–Trinajstić information content (AvgIpc) is 4.06. The van der Waals surface area contributed by atoms with Gasteiger partial charge in [-0.05, 0) is 65.0 Å². The Morgan fingerprint density at radius 1 is 1.09 bits per heavy atom. The lowest BCUT2D eigenvalue weighted by Gasteiger charge is -2.32. The Morgan fingerprint density at radius 2 is 1.79 bits per heavy atom. The van der Waals surface area contributed by atoms with Crippen LogP contribution in [0.25, 0.3) is 22.2 Å². The summed E-state index contributed by atoms with van der Waals surface area (Å²) >= 11 is 0. The lowest BCUT2D eigenvalue weighted by molar-refractivity contribution is -0.142. The molecule has 1 aromatic heterocycles. The van der Waals surface area contributed by atoms with Crippen molar-refractivity contribution >= 4 is 44.7 Å². The molecule has 1 saturated heterocycles. The van der Waals surface area contributed by atoms with Gasteiger partial charge in [0.15, 0.2) is 0 Å². The van der Waals surface area contributed by atoms with Gasteiger partial charge in [0, 0.05) is 35.4 Å². The van der Waals surface area contributed by atoms with Crippen molar-refractivity contribution < 1.29 is 41.8 Å². The molecular formula is C42H53N5O9S. The van der Waals surface area contributed by atoms with Crippen LogP contribution in [0.4, 0.5) is 4.79 Å². The van der Waals surface area contributed by atoms with Crippen molar-refractivity contribution in [2.24, 2.45) is 11.8 Å². The maximum absolute atomic E-state index is 14.6. The molecule has 3 aliphatic rings. The second-order valence-corrected chi connectivity index (χ2v) is 18.8. The van der Waals surface area contributed by atoms with Crippen LogP contribution in [0.2, 0.25) is 0 Å². The zero-order chi connectivity index (χ0) is 41.5. The fourth-order valence-electron chi connectivity index (χ4n) is 7.13. The second kappa shape index (κ2) is 15.6. The number of carbonyl (C=O) groups is 4. The van der Waals surface area contributed by atoms with E-state index in [2.05, 4.69) is 21.9 Å². The van der Waals surface area contributed by atoms with Crippen LogP contribution in [0.1, 0.15) is 73.6 Å². The third-order valence-corrected chi connectivity index (χ3v) is 13.4. The van der Waals surface area contributed by atoms with Crippen LogP contribution in [0, 0.1) is 11.8 Å². The standard InChI is InChI=1S/C42H53N5O9S/c1-9-25(3)35(44-39(51)56-40(4,5)6)37(49)47-24-29(55-34-22-31(26-14-12-11-13-15-26)43-32-20-28(54-8)16-17-30(32)34)21-33(47)36(48)45-42(23-27(42)10-2)38(50)46-57(52,53)41(7)18-19-41/h10-17,20,22,25,27,29,33,35H,2,9,18-19,21,23-24H2,1,3-8H3,(H,44,51)(H,45,48)(H,46,50)/t25?,27?,29-,33+,35+,42-/m1/s1. The van der Waals surface area contributed by atoms with Crippen LogP contribution in [-0.2, 0) is 29.1 Å². The molecule has 306 valence electrons. The number of nitrogens with zero attached hydrogens (tertiary/aromatic N) is 2. The third kappa shape index (κ3) is 8.73. The Bertz CT molecular complexity index is 2170. The molecule has 57 heavy (non-hydrogen) atoms. The van der Waals surface area contributed by atoms with E-state index in [-0.39, 0.29) is 25.3 Å². The first-order valence-corrected chi connectivity index (χ1v) is 20.8. The van der Waals surface area contributed by atoms with Crippen molar-refractivity contribution in [3.8, 4) is 22.8 Å². The molecule has 2 aromatic carbocycles. The SMILES string of the molecule is C=CC1C[C@]1(NC(=O)[C@@H]1C[C@@H](Oc2cc(-c3ccccc3)nc3cc(OC)ccc23)CN1C(=O)[C@@H](NC(=O)OC(C)(C)C)C(C)CC)C(=O)NS(=O)(=O)C1(C)CC1. The number of sulfonamides is 1. The van der Waals surface area contributed by atoms with E-state index in [1.807, 2.05) is 56.3 Å². The topological polar surface area (TPSA) is 182 Å². The van der Waals surface area contributed by atoms with Gasteiger partial charge in [-0.1, -0.05) is 56.7 Å². The van der Waals surface area contributed by atoms with Gasteiger partial charge in [0.2, 0.25) is 21.8 Å². The van der Waals surface area contributed by atoms with Crippen LogP contribution in [-0.4, -0.2) is 89.8 Å². The van der Waals surface area contributed by atoms with E-state index >= 15 is 0 Å². The molecule has 3 N–H and O–H groups in total. The monoisotopic (exact) mass is 803 g/mol. The van der Waals surface area contributed by atoms with Gasteiger partial charge in [0.25, 0.3) is 5.91 Å². The highest BCUT2D eigenvalue weighted by Gasteiger charge is 2.63. The quantitative estimate of drug-likeness (QED) is 0.182. The van der Waals surface area contributed by atoms with Crippen LogP contribution in [0.3, 0.4) is 0 Å². The number of alkyl carbamates (subject to hydrolysis) is 1. The molecule has 14 nitrogen and oxygen atoms in total. The van der Waals surface area contributed by atoms with Gasteiger partial charge in [-0.2, -0.15) is 0 Å². The number of amides is 4. The van der Waals surface area contributed by atoms with Gasteiger partial charge in [-0.25, -0.2) is 18.2 Å². The van der Waals surface area contributed by atoms with Crippen LogP contribution in [0.5, 0.6) is 11.5 Å². The fraction of sp³-hybridized carbons (Fsp3) is 0.500. The fourth-order valence-corrected chi connectivity index (χ4v) is 8.44. The lowest BCUT2D eigenvalue weighted by atomic mass is 9.97. The number of benzene rings is 2. The van der Waals surface area contributed by atoms with Crippen molar-refractivity contribution in [1.82, 2.24) is 25.2 Å². The Balaban J connectivity index is 1.34. The minimum Gasteiger partial charge on any atom is -0.497 e. The molecule has 2 aliphatic carbocycles. The lowest BCUT2D eigenvalue weighted by Crippen LogP contribution is -2.59. The minimum atomic E-state index is -4.01. The van der Waals surface area contributed by atoms with Crippen molar-refractivity contribution in [3.63, 3.8) is 0 Å². The van der Waals surface area contributed by atoms with Gasteiger partial charge >= 0.3 is 6.09 Å². The van der Waals surface area contributed by atoms with Crippen molar-refractivity contribution in [3.05, 3.63) is 67.3 Å². The molecule has 2 saturated carbocycles. The van der Waals surface area contributed by atoms with Gasteiger partial charge in [0.05, 0.1) is 29.6 Å². The van der Waals surface area contributed by atoms with Crippen LogP contribution < -0.4 is 24.8 Å². The Hall–Kier alpha value is -5.18. The van der Waals surface area contributed by atoms with E-state index in [0.717, 1.165) is 5.56 Å². The molecule has 4 amide bonds. The van der Waals surface area contributed by atoms with E-state index in [1.165, 1.54) is 11.0 Å². The predicted molar refractivity (Wildman–Crippen MR) is 215 cm³/mol. The highest BCUT2D eigenvalue weighted by Crippen LogP contribution is 2.47. The summed E-state index contributed by atoms with van der Waals surface area (Å²) in [6.07, 6.45) is 1.50. The summed E-state index contributed by atoms with van der Waals surface area (Å²) in [6, 6.07) is 14.6.